The van der Waals surface area contributed by atoms with Crippen LogP contribution in [0.2, 0.25) is 0 Å². The molecule has 0 aromatic heterocycles. The summed E-state index contributed by atoms with van der Waals surface area (Å²) in [6.45, 7) is 0. The molecule has 0 saturated carbocycles. The minimum Gasteiger partial charge on any atom is -0.508 e. The molecule has 1 N–H and O–H groups in total. The topological polar surface area (TPSA) is 20.2 Å². The molecular formula is C16H17O. The molecule has 87 valence electrons. The van der Waals surface area contributed by atoms with Crippen molar-refractivity contribution in [2.24, 2.45) is 0 Å². The second-order valence-corrected chi connectivity index (χ2v) is 4.18. The minimum absolute atomic E-state index is 0.335. The van der Waals surface area contributed by atoms with Crippen LogP contribution in [0, 0.1) is 6.42 Å². The molecule has 17 heavy (non-hydrogen) atoms. The molecule has 0 atom stereocenters. The van der Waals surface area contributed by atoms with E-state index in [0.717, 1.165) is 19.3 Å². The molecule has 1 heteroatoms. The molecule has 2 rings (SSSR count). The Balaban J connectivity index is 1.71. The van der Waals surface area contributed by atoms with Crippen molar-refractivity contribution in [3.8, 4) is 5.75 Å². The predicted octanol–water partition coefficient (Wildman–Crippen LogP) is 3.77. The second kappa shape index (κ2) is 6.09. The van der Waals surface area contributed by atoms with E-state index in [1.165, 1.54) is 11.1 Å². The van der Waals surface area contributed by atoms with Gasteiger partial charge in [0.15, 0.2) is 0 Å². The summed E-state index contributed by atoms with van der Waals surface area (Å²) in [6.07, 6.45) is 5.44. The van der Waals surface area contributed by atoms with E-state index in [0.29, 0.717) is 5.75 Å². The van der Waals surface area contributed by atoms with E-state index in [1.807, 2.05) is 18.2 Å². The Kier molecular flexibility index (Phi) is 4.20. The lowest BCUT2D eigenvalue weighted by atomic mass is 10.0. The molecule has 0 amide bonds. The van der Waals surface area contributed by atoms with Crippen LogP contribution in [-0.4, -0.2) is 5.11 Å². The van der Waals surface area contributed by atoms with Gasteiger partial charge in [-0.05, 0) is 48.9 Å². The lowest BCUT2D eigenvalue weighted by Crippen LogP contribution is -1.89. The fourth-order valence-corrected chi connectivity index (χ4v) is 1.81. The fraction of sp³-hybridized carbons (Fsp3) is 0.188. The first-order valence-electron chi connectivity index (χ1n) is 5.98. The van der Waals surface area contributed by atoms with Crippen molar-refractivity contribution >= 4 is 0 Å². The number of unbranched alkanes of at least 4 members (excludes halogenated alkanes) is 1. The number of rotatable bonds is 5. The summed E-state index contributed by atoms with van der Waals surface area (Å²) in [5.41, 5.74) is 2.63. The molecule has 0 aliphatic carbocycles. The fourth-order valence-electron chi connectivity index (χ4n) is 1.81. The zero-order valence-corrected chi connectivity index (χ0v) is 9.84. The Morgan fingerprint density at radius 2 is 1.53 bits per heavy atom. The van der Waals surface area contributed by atoms with Crippen LogP contribution in [0.3, 0.4) is 0 Å². The normalized spacial score (nSPS) is 10.4. The van der Waals surface area contributed by atoms with E-state index >= 15 is 0 Å². The number of aromatic hydroxyl groups is 1. The van der Waals surface area contributed by atoms with Gasteiger partial charge < -0.3 is 5.11 Å². The van der Waals surface area contributed by atoms with Crippen LogP contribution < -0.4 is 0 Å². The molecule has 0 aliphatic rings. The first kappa shape index (κ1) is 11.7. The van der Waals surface area contributed by atoms with Crippen LogP contribution in [0.25, 0.3) is 0 Å². The molecule has 0 saturated heterocycles. The summed E-state index contributed by atoms with van der Waals surface area (Å²) >= 11 is 0. The zero-order valence-electron chi connectivity index (χ0n) is 9.84. The van der Waals surface area contributed by atoms with Gasteiger partial charge >= 0.3 is 0 Å². The summed E-state index contributed by atoms with van der Waals surface area (Å²) in [5, 5.41) is 9.17. The first-order valence-corrected chi connectivity index (χ1v) is 5.98. The molecule has 0 bridgehead atoms. The Labute approximate surface area is 103 Å². The maximum atomic E-state index is 9.17. The molecule has 0 heterocycles. The third-order valence-corrected chi connectivity index (χ3v) is 2.80. The molecule has 0 aliphatic heterocycles. The Hall–Kier alpha value is -1.76. The third kappa shape index (κ3) is 3.95. The average Bonchev–Trinajstić information content (AvgIpc) is 2.38. The van der Waals surface area contributed by atoms with Crippen LogP contribution in [0.15, 0.2) is 54.6 Å². The van der Waals surface area contributed by atoms with Gasteiger partial charge in [-0.25, -0.2) is 0 Å². The molecule has 0 fully saturated rings. The number of phenols is 1. The Morgan fingerprint density at radius 1 is 0.824 bits per heavy atom. The minimum atomic E-state index is 0.335. The van der Waals surface area contributed by atoms with Gasteiger partial charge in [0.1, 0.15) is 5.75 Å². The van der Waals surface area contributed by atoms with E-state index in [9.17, 15) is 0 Å². The van der Waals surface area contributed by atoms with Crippen molar-refractivity contribution < 1.29 is 5.11 Å². The summed E-state index contributed by atoms with van der Waals surface area (Å²) in [6, 6.07) is 17.9. The van der Waals surface area contributed by atoms with Crippen molar-refractivity contribution in [3.63, 3.8) is 0 Å². The smallest absolute Gasteiger partial charge is 0.115 e. The molecular weight excluding hydrogens is 208 g/mol. The van der Waals surface area contributed by atoms with Crippen molar-refractivity contribution in [2.45, 2.75) is 19.3 Å². The van der Waals surface area contributed by atoms with E-state index in [2.05, 4.69) is 30.7 Å². The molecule has 1 nitrogen and oxygen atoms in total. The highest BCUT2D eigenvalue weighted by molar-refractivity contribution is 5.26. The van der Waals surface area contributed by atoms with E-state index in [-0.39, 0.29) is 0 Å². The van der Waals surface area contributed by atoms with Gasteiger partial charge in [-0.15, -0.1) is 0 Å². The van der Waals surface area contributed by atoms with Crippen LogP contribution in [-0.2, 0) is 12.8 Å². The summed E-state index contributed by atoms with van der Waals surface area (Å²) in [4.78, 5) is 0. The number of benzene rings is 2. The third-order valence-electron chi connectivity index (χ3n) is 2.80. The molecule has 0 spiro atoms. The highest BCUT2D eigenvalue weighted by Crippen LogP contribution is 2.12. The highest BCUT2D eigenvalue weighted by atomic mass is 16.3. The summed E-state index contributed by atoms with van der Waals surface area (Å²) < 4.78 is 0. The number of hydrogen-bond donors (Lipinski definition) is 1. The summed E-state index contributed by atoms with van der Waals surface area (Å²) in [5.74, 6) is 0.335. The first-order chi connectivity index (χ1) is 8.34. The van der Waals surface area contributed by atoms with Crippen molar-refractivity contribution in [1.29, 1.82) is 0 Å². The van der Waals surface area contributed by atoms with Crippen LogP contribution in [0.1, 0.15) is 17.5 Å². The van der Waals surface area contributed by atoms with E-state index < -0.39 is 0 Å². The monoisotopic (exact) mass is 225 g/mol. The van der Waals surface area contributed by atoms with Gasteiger partial charge in [0, 0.05) is 0 Å². The van der Waals surface area contributed by atoms with Crippen LogP contribution in [0.5, 0.6) is 5.75 Å². The van der Waals surface area contributed by atoms with Gasteiger partial charge in [-0.1, -0.05) is 42.5 Å². The van der Waals surface area contributed by atoms with Crippen molar-refractivity contribution in [2.75, 3.05) is 0 Å². The van der Waals surface area contributed by atoms with Gasteiger partial charge in [0.2, 0.25) is 0 Å². The van der Waals surface area contributed by atoms with Gasteiger partial charge in [-0.3, -0.25) is 0 Å². The zero-order chi connectivity index (χ0) is 11.9. The van der Waals surface area contributed by atoms with Crippen molar-refractivity contribution in [3.05, 3.63) is 72.1 Å². The Bertz CT molecular complexity index is 431. The van der Waals surface area contributed by atoms with Gasteiger partial charge in [0.05, 0.1) is 0 Å². The van der Waals surface area contributed by atoms with E-state index in [1.54, 1.807) is 12.1 Å². The standard InChI is InChI=1S/C16H17O/c17-16-12-10-15(11-13-16)9-5-4-8-14-6-2-1-3-7-14/h1-4,6-7,10-13,17H,5,8-9H2. The average molecular weight is 225 g/mol. The second-order valence-electron chi connectivity index (χ2n) is 4.18. The predicted molar refractivity (Wildman–Crippen MR) is 70.9 cm³/mol. The largest absolute Gasteiger partial charge is 0.508 e. The lowest BCUT2D eigenvalue weighted by Gasteiger charge is -2.02. The number of hydrogen-bond acceptors (Lipinski definition) is 1. The highest BCUT2D eigenvalue weighted by Gasteiger charge is 1.95. The molecule has 2 aromatic rings. The van der Waals surface area contributed by atoms with Crippen LogP contribution in [0.4, 0.5) is 0 Å². The maximum absolute atomic E-state index is 9.17. The Morgan fingerprint density at radius 3 is 2.24 bits per heavy atom. The SMILES string of the molecule is Oc1ccc(CC[CH]Cc2ccccc2)cc1. The molecule has 2 aromatic carbocycles. The summed E-state index contributed by atoms with van der Waals surface area (Å²) in [7, 11) is 0. The van der Waals surface area contributed by atoms with E-state index in [4.69, 9.17) is 5.11 Å². The number of aryl methyl sites for hydroxylation is 1. The van der Waals surface area contributed by atoms with Gasteiger partial charge in [-0.2, -0.15) is 0 Å². The van der Waals surface area contributed by atoms with Gasteiger partial charge in [0.25, 0.3) is 0 Å². The van der Waals surface area contributed by atoms with Crippen LogP contribution >= 0.6 is 0 Å². The number of phenolic OH excluding ortho intramolecular Hbond substituents is 1. The molecule has 1 radical (unpaired) electrons. The quantitative estimate of drug-likeness (QED) is 0.768. The van der Waals surface area contributed by atoms with Crippen molar-refractivity contribution in [1.82, 2.24) is 0 Å². The maximum Gasteiger partial charge on any atom is 0.115 e. The molecule has 0 unspecified atom stereocenters. The lowest BCUT2D eigenvalue weighted by molar-refractivity contribution is 0.475.